The van der Waals surface area contributed by atoms with E-state index in [0.717, 1.165) is 28.6 Å². The monoisotopic (exact) mass is 273 g/mol. The molecule has 0 radical (unpaired) electrons. The summed E-state index contributed by atoms with van der Waals surface area (Å²) in [6, 6.07) is 1.79. The highest BCUT2D eigenvalue weighted by Crippen LogP contribution is 2.37. The third-order valence-corrected chi connectivity index (χ3v) is 3.26. The molecule has 84 valence electrons. The fourth-order valence-corrected chi connectivity index (χ4v) is 1.92. The third-order valence-electron chi connectivity index (χ3n) is 2.43. The van der Waals surface area contributed by atoms with Crippen LogP contribution in [0.4, 0.5) is 0 Å². The van der Waals surface area contributed by atoms with Crippen LogP contribution in [0.3, 0.4) is 0 Å². The number of rotatable bonds is 4. The van der Waals surface area contributed by atoms with Gasteiger partial charge in [-0.15, -0.1) is 0 Å². The lowest BCUT2D eigenvalue weighted by molar-refractivity contribution is 0.369. The highest BCUT2D eigenvalue weighted by atomic mass is 79.9. The number of phenolic OH excluding ortho intramolecular Hbond substituents is 1. The normalized spacial score (nSPS) is 10.4. The van der Waals surface area contributed by atoms with Crippen molar-refractivity contribution in [3.8, 4) is 11.5 Å². The van der Waals surface area contributed by atoms with Crippen molar-refractivity contribution < 1.29 is 9.84 Å². The van der Waals surface area contributed by atoms with E-state index in [1.54, 1.807) is 13.2 Å². The maximum atomic E-state index is 9.95. The zero-order valence-electron chi connectivity index (χ0n) is 9.22. The van der Waals surface area contributed by atoms with Crippen LogP contribution in [0, 0.1) is 6.92 Å². The second kappa shape index (κ2) is 5.37. The van der Waals surface area contributed by atoms with Crippen molar-refractivity contribution in [2.45, 2.75) is 13.3 Å². The van der Waals surface area contributed by atoms with Crippen molar-refractivity contribution in [1.82, 2.24) is 5.32 Å². The van der Waals surface area contributed by atoms with E-state index in [2.05, 4.69) is 21.2 Å². The van der Waals surface area contributed by atoms with E-state index >= 15 is 0 Å². The summed E-state index contributed by atoms with van der Waals surface area (Å²) in [6.45, 7) is 2.81. The van der Waals surface area contributed by atoms with Gasteiger partial charge in [0.25, 0.3) is 0 Å². The maximum Gasteiger partial charge on any atom is 0.161 e. The molecule has 0 saturated carbocycles. The quantitative estimate of drug-likeness (QED) is 0.884. The van der Waals surface area contributed by atoms with Crippen LogP contribution in [0.15, 0.2) is 10.5 Å². The first-order chi connectivity index (χ1) is 7.11. The first kappa shape index (κ1) is 12.3. The Bertz CT molecular complexity index is 353. The molecule has 15 heavy (non-hydrogen) atoms. The molecule has 0 spiro atoms. The van der Waals surface area contributed by atoms with Gasteiger partial charge in [0.15, 0.2) is 11.5 Å². The zero-order chi connectivity index (χ0) is 11.4. The number of phenols is 1. The largest absolute Gasteiger partial charge is 0.504 e. The minimum Gasteiger partial charge on any atom is -0.504 e. The van der Waals surface area contributed by atoms with Crippen molar-refractivity contribution in [2.75, 3.05) is 20.7 Å². The number of halogens is 1. The summed E-state index contributed by atoms with van der Waals surface area (Å²) in [4.78, 5) is 0. The fraction of sp³-hybridized carbons (Fsp3) is 0.455. The minimum absolute atomic E-state index is 0.244. The molecule has 0 heterocycles. The average molecular weight is 274 g/mol. The van der Waals surface area contributed by atoms with Gasteiger partial charge < -0.3 is 15.2 Å². The Labute approximate surface area is 98.6 Å². The molecule has 0 unspecified atom stereocenters. The first-order valence-corrected chi connectivity index (χ1v) is 5.60. The van der Waals surface area contributed by atoms with Crippen molar-refractivity contribution in [2.24, 2.45) is 0 Å². The molecule has 1 rings (SSSR count). The Kier molecular flexibility index (Phi) is 4.42. The van der Waals surface area contributed by atoms with Crippen LogP contribution in [0.5, 0.6) is 11.5 Å². The maximum absolute atomic E-state index is 9.95. The third kappa shape index (κ3) is 2.63. The SMILES string of the molecule is CNCCc1c(C)c(Br)cc(OC)c1O. The summed E-state index contributed by atoms with van der Waals surface area (Å²) >= 11 is 3.45. The molecule has 0 bridgehead atoms. The van der Waals surface area contributed by atoms with Gasteiger partial charge in [0.05, 0.1) is 7.11 Å². The number of hydrogen-bond acceptors (Lipinski definition) is 3. The number of ether oxygens (including phenoxy) is 1. The van der Waals surface area contributed by atoms with Crippen LogP contribution < -0.4 is 10.1 Å². The smallest absolute Gasteiger partial charge is 0.161 e. The van der Waals surface area contributed by atoms with E-state index < -0.39 is 0 Å². The van der Waals surface area contributed by atoms with Crippen molar-refractivity contribution in [3.63, 3.8) is 0 Å². The molecular weight excluding hydrogens is 258 g/mol. The van der Waals surface area contributed by atoms with Gasteiger partial charge >= 0.3 is 0 Å². The number of hydrogen-bond donors (Lipinski definition) is 2. The molecule has 4 heteroatoms. The molecule has 3 nitrogen and oxygen atoms in total. The lowest BCUT2D eigenvalue weighted by Crippen LogP contribution is -2.11. The van der Waals surface area contributed by atoms with Gasteiger partial charge in [-0.2, -0.15) is 0 Å². The number of aromatic hydroxyl groups is 1. The summed E-state index contributed by atoms with van der Waals surface area (Å²) in [5.41, 5.74) is 1.99. The molecule has 0 aromatic heterocycles. The van der Waals surface area contributed by atoms with Crippen LogP contribution in [0.2, 0.25) is 0 Å². The Morgan fingerprint density at radius 2 is 2.20 bits per heavy atom. The van der Waals surface area contributed by atoms with E-state index in [0.29, 0.717) is 5.75 Å². The molecule has 2 N–H and O–H groups in total. The summed E-state index contributed by atoms with van der Waals surface area (Å²) < 4.78 is 6.06. The topological polar surface area (TPSA) is 41.5 Å². The van der Waals surface area contributed by atoms with Gasteiger partial charge in [0.2, 0.25) is 0 Å². The summed E-state index contributed by atoms with van der Waals surface area (Å²) in [7, 11) is 3.44. The molecular formula is C11H16BrNO2. The Morgan fingerprint density at radius 1 is 1.53 bits per heavy atom. The van der Waals surface area contributed by atoms with Gasteiger partial charge in [-0.05, 0) is 38.6 Å². The molecule has 1 aromatic rings. The Morgan fingerprint density at radius 3 is 2.73 bits per heavy atom. The predicted molar refractivity (Wildman–Crippen MR) is 64.7 cm³/mol. The van der Waals surface area contributed by atoms with E-state index in [4.69, 9.17) is 4.74 Å². The van der Waals surface area contributed by atoms with E-state index in [9.17, 15) is 5.11 Å². The summed E-state index contributed by atoms with van der Waals surface area (Å²) in [6.07, 6.45) is 0.782. The molecule has 0 atom stereocenters. The molecule has 0 aliphatic carbocycles. The Balaban J connectivity index is 3.15. The molecule has 0 amide bonds. The highest BCUT2D eigenvalue weighted by Gasteiger charge is 2.13. The molecule has 0 aliphatic heterocycles. The van der Waals surface area contributed by atoms with Gasteiger partial charge in [0, 0.05) is 10.0 Å². The highest BCUT2D eigenvalue weighted by molar-refractivity contribution is 9.10. The molecule has 0 fully saturated rings. The van der Waals surface area contributed by atoms with Crippen LogP contribution in [-0.2, 0) is 6.42 Å². The standard InChI is InChI=1S/C11H16BrNO2/c1-7-8(4-5-13-2)11(14)10(15-3)6-9(7)12/h6,13-14H,4-5H2,1-3H3. The van der Waals surface area contributed by atoms with Crippen LogP contribution in [0.1, 0.15) is 11.1 Å². The van der Waals surface area contributed by atoms with Crippen molar-refractivity contribution in [3.05, 3.63) is 21.7 Å². The Hall–Kier alpha value is -0.740. The number of likely N-dealkylation sites (N-methyl/N-ethyl adjacent to an activating group) is 1. The first-order valence-electron chi connectivity index (χ1n) is 4.81. The second-order valence-corrected chi connectivity index (χ2v) is 4.22. The predicted octanol–water partition coefficient (Wildman–Crippen LogP) is 2.23. The van der Waals surface area contributed by atoms with E-state index in [1.165, 1.54) is 0 Å². The number of benzene rings is 1. The second-order valence-electron chi connectivity index (χ2n) is 3.37. The fourth-order valence-electron chi connectivity index (χ4n) is 1.47. The molecule has 0 aliphatic rings. The zero-order valence-corrected chi connectivity index (χ0v) is 10.8. The minimum atomic E-state index is 0.244. The molecule has 0 saturated heterocycles. The van der Waals surface area contributed by atoms with Crippen LogP contribution in [-0.4, -0.2) is 25.8 Å². The lowest BCUT2D eigenvalue weighted by atomic mass is 10.0. The average Bonchev–Trinajstić information content (AvgIpc) is 2.23. The van der Waals surface area contributed by atoms with Crippen LogP contribution >= 0.6 is 15.9 Å². The van der Waals surface area contributed by atoms with Crippen molar-refractivity contribution in [1.29, 1.82) is 0 Å². The van der Waals surface area contributed by atoms with E-state index in [-0.39, 0.29) is 5.75 Å². The van der Waals surface area contributed by atoms with E-state index in [1.807, 2.05) is 14.0 Å². The summed E-state index contributed by atoms with van der Waals surface area (Å²) in [5, 5.41) is 13.0. The van der Waals surface area contributed by atoms with Crippen LogP contribution in [0.25, 0.3) is 0 Å². The van der Waals surface area contributed by atoms with Crippen molar-refractivity contribution >= 4 is 15.9 Å². The number of nitrogens with one attached hydrogen (secondary N) is 1. The lowest BCUT2D eigenvalue weighted by Gasteiger charge is -2.13. The van der Waals surface area contributed by atoms with Gasteiger partial charge in [-0.25, -0.2) is 0 Å². The van der Waals surface area contributed by atoms with Gasteiger partial charge in [-0.3, -0.25) is 0 Å². The summed E-state index contributed by atoms with van der Waals surface area (Å²) in [5.74, 6) is 0.757. The number of methoxy groups -OCH3 is 1. The van der Waals surface area contributed by atoms with Gasteiger partial charge in [-0.1, -0.05) is 15.9 Å². The van der Waals surface area contributed by atoms with Gasteiger partial charge in [0.1, 0.15) is 0 Å². The molecule has 1 aromatic carbocycles.